The van der Waals surface area contributed by atoms with Gasteiger partial charge in [-0.3, -0.25) is 4.79 Å². The summed E-state index contributed by atoms with van der Waals surface area (Å²) < 4.78 is 13.5. The van der Waals surface area contributed by atoms with Gasteiger partial charge in [-0.25, -0.2) is 4.40 Å². The van der Waals surface area contributed by atoms with E-state index in [1.165, 1.54) is 21.3 Å². The van der Waals surface area contributed by atoms with Crippen molar-refractivity contribution in [3.8, 4) is 22.9 Å². The van der Waals surface area contributed by atoms with Crippen LogP contribution in [0.25, 0.3) is 22.4 Å². The topological polar surface area (TPSA) is 65.7 Å². The average molecular weight is 490 g/mol. The molecule has 170 valence electrons. The maximum Gasteiger partial charge on any atom is 0.276 e. The predicted molar refractivity (Wildman–Crippen MR) is 135 cm³/mol. The van der Waals surface area contributed by atoms with Crippen molar-refractivity contribution in [2.24, 2.45) is 0 Å². The van der Waals surface area contributed by atoms with Gasteiger partial charge < -0.3 is 9.47 Å². The van der Waals surface area contributed by atoms with E-state index < -0.39 is 0 Å². The summed E-state index contributed by atoms with van der Waals surface area (Å²) in [5.74, 6) is 1.65. The number of aryl methyl sites for hydroxylation is 1. The molecule has 0 radical (unpaired) electrons. The van der Waals surface area contributed by atoms with Crippen LogP contribution in [0.4, 0.5) is 0 Å². The number of thiazole rings is 1. The fourth-order valence-corrected chi connectivity index (χ4v) is 4.70. The number of hydrogen-bond donors (Lipinski definition) is 0. The lowest BCUT2D eigenvalue weighted by atomic mass is 10.1. The van der Waals surface area contributed by atoms with Gasteiger partial charge >= 0.3 is 0 Å². The lowest BCUT2D eigenvalue weighted by Crippen LogP contribution is -2.23. The number of halogens is 1. The Morgan fingerprint density at radius 3 is 2.59 bits per heavy atom. The second-order valence-corrected chi connectivity index (χ2v) is 9.14. The van der Waals surface area contributed by atoms with Crippen LogP contribution in [0.3, 0.4) is 0 Å². The zero-order valence-electron chi connectivity index (χ0n) is 18.5. The third-order valence-corrected chi connectivity index (χ3v) is 6.65. The first-order valence-electron chi connectivity index (χ1n) is 10.5. The highest BCUT2D eigenvalue weighted by Gasteiger charge is 2.16. The lowest BCUT2D eigenvalue weighted by molar-refractivity contribution is 0.284. The molecule has 6 nitrogen and oxygen atoms in total. The molecule has 2 heterocycles. The number of methoxy groups -OCH3 is 1. The van der Waals surface area contributed by atoms with Crippen molar-refractivity contribution in [2.75, 3.05) is 7.11 Å². The van der Waals surface area contributed by atoms with Crippen molar-refractivity contribution in [3.05, 3.63) is 103 Å². The van der Waals surface area contributed by atoms with Crippen LogP contribution in [0.1, 0.15) is 16.7 Å². The average Bonchev–Trinajstić information content (AvgIpc) is 3.39. The number of nitrogens with zero attached hydrogens (tertiary/aromatic N) is 3. The Hall–Kier alpha value is -3.68. The number of fused-ring (bicyclic) bond motifs is 1. The van der Waals surface area contributed by atoms with Crippen LogP contribution in [-0.2, 0) is 6.61 Å². The van der Waals surface area contributed by atoms with Crippen LogP contribution >= 0.6 is 22.9 Å². The van der Waals surface area contributed by atoms with Gasteiger partial charge in [-0.2, -0.15) is 0 Å². The fraction of sp³-hybridized carbons (Fsp3) is 0.115. The zero-order chi connectivity index (χ0) is 23.7. The monoisotopic (exact) mass is 489 g/mol. The van der Waals surface area contributed by atoms with E-state index in [9.17, 15) is 4.79 Å². The number of rotatable bonds is 6. The highest BCUT2D eigenvalue weighted by Crippen LogP contribution is 2.29. The van der Waals surface area contributed by atoms with Crippen molar-refractivity contribution in [2.45, 2.75) is 13.5 Å². The molecule has 0 fully saturated rings. The molecule has 5 rings (SSSR count). The Bertz CT molecular complexity index is 1590. The molecule has 0 unspecified atom stereocenters. The molecule has 0 amide bonds. The van der Waals surface area contributed by atoms with E-state index in [0.717, 1.165) is 11.1 Å². The quantitative estimate of drug-likeness (QED) is 0.339. The van der Waals surface area contributed by atoms with Gasteiger partial charge in [0.25, 0.3) is 5.56 Å². The molecule has 0 bridgehead atoms. The maximum absolute atomic E-state index is 13.2. The predicted octanol–water partition coefficient (Wildman–Crippen LogP) is 4.92. The largest absolute Gasteiger partial charge is 0.493 e. The van der Waals surface area contributed by atoms with Gasteiger partial charge in [0.2, 0.25) is 4.96 Å². The lowest BCUT2D eigenvalue weighted by Gasteiger charge is -2.11. The number of benzene rings is 3. The van der Waals surface area contributed by atoms with Gasteiger partial charge in [-0.15, -0.1) is 10.2 Å². The van der Waals surface area contributed by atoms with Gasteiger partial charge in [0.15, 0.2) is 17.3 Å². The molecule has 0 aliphatic heterocycles. The Balaban J connectivity index is 1.47. The first-order chi connectivity index (χ1) is 16.5. The molecular weight excluding hydrogens is 470 g/mol. The zero-order valence-corrected chi connectivity index (χ0v) is 20.1. The Morgan fingerprint density at radius 1 is 1.03 bits per heavy atom. The molecule has 0 aliphatic carbocycles. The minimum atomic E-state index is -0.196. The van der Waals surface area contributed by atoms with Gasteiger partial charge in [0.05, 0.1) is 16.7 Å². The van der Waals surface area contributed by atoms with Crippen LogP contribution in [0.2, 0.25) is 5.02 Å². The first-order valence-corrected chi connectivity index (χ1v) is 11.7. The van der Waals surface area contributed by atoms with Gasteiger partial charge in [0, 0.05) is 5.56 Å². The molecule has 0 atom stereocenters. The van der Waals surface area contributed by atoms with Crippen LogP contribution < -0.4 is 19.6 Å². The smallest absolute Gasteiger partial charge is 0.276 e. The summed E-state index contributed by atoms with van der Waals surface area (Å²) in [6, 6.07) is 21.0. The summed E-state index contributed by atoms with van der Waals surface area (Å²) in [6.45, 7) is 2.49. The number of ether oxygens (including phenoxy) is 2. The highest BCUT2D eigenvalue weighted by molar-refractivity contribution is 7.15. The van der Waals surface area contributed by atoms with E-state index in [4.69, 9.17) is 21.1 Å². The normalized spacial score (nSPS) is 11.8. The summed E-state index contributed by atoms with van der Waals surface area (Å²) in [7, 11) is 1.59. The summed E-state index contributed by atoms with van der Waals surface area (Å²) >= 11 is 7.58. The van der Waals surface area contributed by atoms with Crippen molar-refractivity contribution >= 4 is 34.0 Å². The number of hydrogen-bond acceptors (Lipinski definition) is 6. The third-order valence-electron chi connectivity index (χ3n) is 5.36. The van der Waals surface area contributed by atoms with Gasteiger partial charge in [-0.05, 0) is 48.4 Å². The van der Waals surface area contributed by atoms with Gasteiger partial charge in [0.1, 0.15) is 6.61 Å². The molecule has 0 N–H and O–H groups in total. The number of aromatic nitrogens is 3. The Labute approximate surface area is 204 Å². The molecule has 2 aromatic heterocycles. The van der Waals surface area contributed by atoms with E-state index in [-0.39, 0.29) is 5.56 Å². The minimum Gasteiger partial charge on any atom is -0.493 e. The Morgan fingerprint density at radius 2 is 1.82 bits per heavy atom. The molecule has 0 saturated heterocycles. The SMILES string of the molecule is COc1cc(C=c2sc3nnc(-c4ccccc4Cl)n3c2=O)ccc1OCc1ccc(C)cc1. The third kappa shape index (κ3) is 4.27. The van der Waals surface area contributed by atoms with Crippen molar-refractivity contribution < 1.29 is 9.47 Å². The summed E-state index contributed by atoms with van der Waals surface area (Å²) in [4.78, 5) is 13.7. The molecule has 0 spiro atoms. The summed E-state index contributed by atoms with van der Waals surface area (Å²) in [5.41, 5.74) is 3.56. The van der Waals surface area contributed by atoms with E-state index in [2.05, 4.69) is 29.3 Å². The molecule has 0 saturated carbocycles. The summed E-state index contributed by atoms with van der Waals surface area (Å²) in [5, 5.41) is 8.86. The van der Waals surface area contributed by atoms with E-state index in [1.54, 1.807) is 13.2 Å². The molecule has 0 aliphatic rings. The second-order valence-electron chi connectivity index (χ2n) is 7.72. The highest BCUT2D eigenvalue weighted by atomic mass is 35.5. The summed E-state index contributed by atoms with van der Waals surface area (Å²) in [6.07, 6.45) is 1.81. The van der Waals surface area contributed by atoms with Crippen LogP contribution in [0.5, 0.6) is 11.5 Å². The molecule has 8 heteroatoms. The van der Waals surface area contributed by atoms with E-state index in [0.29, 0.717) is 44.0 Å². The van der Waals surface area contributed by atoms with E-state index >= 15 is 0 Å². The molecular formula is C26H20ClN3O3S. The fourth-order valence-electron chi connectivity index (χ4n) is 3.57. The van der Waals surface area contributed by atoms with Gasteiger partial charge in [-0.1, -0.05) is 71.0 Å². The van der Waals surface area contributed by atoms with Crippen molar-refractivity contribution in [1.29, 1.82) is 0 Å². The Kier molecular flexibility index (Phi) is 6.04. The maximum atomic E-state index is 13.2. The van der Waals surface area contributed by atoms with Crippen LogP contribution in [0, 0.1) is 6.92 Å². The van der Waals surface area contributed by atoms with Crippen LogP contribution in [-0.4, -0.2) is 21.7 Å². The second kappa shape index (κ2) is 9.29. The molecule has 5 aromatic rings. The molecule has 3 aromatic carbocycles. The van der Waals surface area contributed by atoms with Crippen molar-refractivity contribution in [3.63, 3.8) is 0 Å². The standard InChI is InChI=1S/C26H20ClN3O3S/c1-16-7-9-17(10-8-16)15-33-21-12-11-18(13-22(21)32-2)14-23-25(31)30-24(28-29-26(30)34-23)19-5-3-4-6-20(19)27/h3-14H,15H2,1-2H3. The van der Waals surface area contributed by atoms with E-state index in [1.807, 2.05) is 54.6 Å². The minimum absolute atomic E-state index is 0.196. The van der Waals surface area contributed by atoms with Crippen LogP contribution in [0.15, 0.2) is 71.5 Å². The first kappa shape index (κ1) is 22.1. The van der Waals surface area contributed by atoms with Crippen molar-refractivity contribution in [1.82, 2.24) is 14.6 Å². The molecule has 34 heavy (non-hydrogen) atoms.